The van der Waals surface area contributed by atoms with Crippen LogP contribution in [0.25, 0.3) is 0 Å². The van der Waals surface area contributed by atoms with Crippen LogP contribution in [0, 0.1) is 24.6 Å². The summed E-state index contributed by atoms with van der Waals surface area (Å²) in [5, 5.41) is 6.57. The van der Waals surface area contributed by atoms with Crippen LogP contribution in [0.3, 0.4) is 0 Å². The number of anilines is 2. The number of hydrogen-bond donors (Lipinski definition) is 2. The summed E-state index contributed by atoms with van der Waals surface area (Å²) in [5.41, 5.74) is 2.97. The highest BCUT2D eigenvalue weighted by Crippen LogP contribution is 2.45. The minimum Gasteiger partial charge on any atom is -0.382 e. The average molecular weight is 559 g/mol. The van der Waals surface area contributed by atoms with Crippen molar-refractivity contribution in [1.82, 2.24) is 9.88 Å². The maximum atomic E-state index is 15.2. The van der Waals surface area contributed by atoms with E-state index in [4.69, 9.17) is 9.47 Å². The molecule has 2 N–H and O–H groups in total. The second-order valence-electron chi connectivity index (χ2n) is 11.2. The molecule has 4 heterocycles. The first-order chi connectivity index (χ1) is 20.0. The minimum absolute atomic E-state index is 0.0364. The van der Waals surface area contributed by atoms with E-state index >= 15 is 4.39 Å². The van der Waals surface area contributed by atoms with Gasteiger partial charge >= 0.3 is 0 Å². The predicted molar refractivity (Wildman–Crippen MR) is 153 cm³/mol. The number of carbonyl (C=O) groups excluding carboxylic acids is 2. The Bertz CT molecular complexity index is 1360. The zero-order chi connectivity index (χ0) is 28.3. The van der Waals surface area contributed by atoms with Crippen LogP contribution < -0.4 is 10.6 Å². The highest BCUT2D eigenvalue weighted by atomic mass is 19.1. The Morgan fingerprint density at radius 2 is 1.78 bits per heavy atom. The summed E-state index contributed by atoms with van der Waals surface area (Å²) in [4.78, 5) is 34.0. The molecule has 2 aromatic carbocycles. The number of likely N-dealkylation sites (tertiary alicyclic amines) is 1. The Hall–Kier alpha value is -3.82. The van der Waals surface area contributed by atoms with Crippen molar-refractivity contribution >= 4 is 23.2 Å². The Labute approximate surface area is 239 Å². The van der Waals surface area contributed by atoms with Crippen molar-refractivity contribution in [2.45, 2.75) is 44.3 Å². The molecule has 9 heteroatoms. The monoisotopic (exact) mass is 558 g/mol. The maximum Gasteiger partial charge on any atom is 0.257 e. The fourth-order valence-corrected chi connectivity index (χ4v) is 6.45. The fraction of sp³-hybridized carbons (Fsp3) is 0.406. The van der Waals surface area contributed by atoms with Crippen molar-refractivity contribution in [3.05, 3.63) is 89.5 Å². The van der Waals surface area contributed by atoms with Crippen molar-refractivity contribution in [2.75, 3.05) is 37.1 Å². The van der Waals surface area contributed by atoms with Crippen molar-refractivity contribution in [3.8, 4) is 0 Å². The normalized spacial score (nSPS) is 24.5. The van der Waals surface area contributed by atoms with E-state index < -0.39 is 23.7 Å². The van der Waals surface area contributed by atoms with Crippen LogP contribution in [0.4, 0.5) is 15.8 Å². The molecule has 2 amide bonds. The number of carbonyl (C=O) groups is 2. The van der Waals surface area contributed by atoms with E-state index in [0.717, 1.165) is 37.3 Å². The summed E-state index contributed by atoms with van der Waals surface area (Å²) in [5.74, 6) is -1.82. The summed E-state index contributed by atoms with van der Waals surface area (Å²) in [6.45, 7) is 4.01. The van der Waals surface area contributed by atoms with Gasteiger partial charge in [0.05, 0.1) is 48.7 Å². The van der Waals surface area contributed by atoms with E-state index in [0.29, 0.717) is 36.9 Å². The molecule has 1 aromatic heterocycles. The molecule has 0 saturated carbocycles. The molecule has 4 unspecified atom stereocenters. The van der Waals surface area contributed by atoms with E-state index in [1.807, 2.05) is 24.3 Å². The first-order valence-electron chi connectivity index (χ1n) is 14.3. The van der Waals surface area contributed by atoms with Gasteiger partial charge in [-0.25, -0.2) is 4.39 Å². The number of halogens is 1. The molecule has 41 heavy (non-hydrogen) atoms. The lowest BCUT2D eigenvalue weighted by Crippen LogP contribution is -2.55. The van der Waals surface area contributed by atoms with Crippen LogP contribution in [0.2, 0.25) is 0 Å². The summed E-state index contributed by atoms with van der Waals surface area (Å²) >= 11 is 0. The van der Waals surface area contributed by atoms with E-state index in [9.17, 15) is 9.59 Å². The topological polar surface area (TPSA) is 92.8 Å². The molecular weight excluding hydrogens is 523 g/mol. The van der Waals surface area contributed by atoms with E-state index in [-0.39, 0.29) is 23.4 Å². The van der Waals surface area contributed by atoms with Crippen LogP contribution in [0.1, 0.15) is 46.8 Å². The van der Waals surface area contributed by atoms with Gasteiger partial charge in [0.15, 0.2) is 0 Å². The number of nitrogens with one attached hydrogen (secondary N) is 2. The number of hydrogen-bond acceptors (Lipinski definition) is 6. The molecule has 214 valence electrons. The molecule has 0 aliphatic carbocycles. The Morgan fingerprint density at radius 3 is 2.51 bits per heavy atom. The van der Waals surface area contributed by atoms with Crippen LogP contribution in [-0.2, 0) is 14.3 Å². The third-order valence-corrected chi connectivity index (χ3v) is 8.54. The minimum atomic E-state index is -0.613. The van der Waals surface area contributed by atoms with Crippen LogP contribution in [0.5, 0.6) is 0 Å². The van der Waals surface area contributed by atoms with E-state index in [1.54, 1.807) is 48.5 Å². The first-order valence-corrected chi connectivity index (χ1v) is 14.3. The molecule has 6 rings (SSSR count). The Balaban J connectivity index is 1.38. The van der Waals surface area contributed by atoms with Crippen LogP contribution in [-0.4, -0.2) is 60.2 Å². The van der Waals surface area contributed by atoms with Crippen molar-refractivity contribution in [2.24, 2.45) is 11.8 Å². The molecule has 0 radical (unpaired) electrons. The second-order valence-corrected chi connectivity index (χ2v) is 11.2. The van der Waals surface area contributed by atoms with E-state index in [2.05, 4.69) is 15.6 Å². The van der Waals surface area contributed by atoms with Gasteiger partial charge in [-0.05, 0) is 67.6 Å². The van der Waals surface area contributed by atoms with Gasteiger partial charge in [0.1, 0.15) is 5.82 Å². The zero-order valence-corrected chi connectivity index (χ0v) is 23.1. The van der Waals surface area contributed by atoms with Gasteiger partial charge < -0.3 is 25.0 Å². The summed E-state index contributed by atoms with van der Waals surface area (Å²) in [7, 11) is 0. The van der Waals surface area contributed by atoms with Gasteiger partial charge in [-0.15, -0.1) is 0 Å². The summed E-state index contributed by atoms with van der Waals surface area (Å²) in [6, 6.07) is 15.6. The number of aryl methyl sites for hydroxylation is 1. The zero-order valence-electron chi connectivity index (χ0n) is 23.1. The molecule has 3 aliphatic heterocycles. The largest absolute Gasteiger partial charge is 0.382 e. The number of piperidine rings is 1. The molecule has 3 aromatic rings. The number of nitrogens with zero attached hydrogens (tertiary/aromatic N) is 2. The number of pyridine rings is 1. The number of ether oxygens (including phenoxy) is 2. The number of fused-ring (bicyclic) bond motifs is 1. The van der Waals surface area contributed by atoms with Gasteiger partial charge in [-0.3, -0.25) is 14.6 Å². The third kappa shape index (κ3) is 5.69. The maximum absolute atomic E-state index is 15.2. The van der Waals surface area contributed by atoms with Gasteiger partial charge in [-0.1, -0.05) is 24.3 Å². The number of rotatable bonds is 6. The summed E-state index contributed by atoms with van der Waals surface area (Å²) in [6.07, 6.45) is 5.67. The molecule has 0 bridgehead atoms. The van der Waals surface area contributed by atoms with Gasteiger partial charge in [0, 0.05) is 37.1 Å². The second kappa shape index (κ2) is 12.0. The number of amides is 2. The van der Waals surface area contributed by atoms with Gasteiger partial charge in [0.2, 0.25) is 5.91 Å². The van der Waals surface area contributed by atoms with Crippen molar-refractivity contribution < 1.29 is 23.5 Å². The van der Waals surface area contributed by atoms with Gasteiger partial charge in [0.25, 0.3) is 5.91 Å². The lowest BCUT2D eigenvalue weighted by molar-refractivity contribution is -0.124. The number of benzene rings is 2. The van der Waals surface area contributed by atoms with Crippen LogP contribution in [0.15, 0.2) is 67.0 Å². The predicted octanol–water partition coefficient (Wildman–Crippen LogP) is 4.98. The van der Waals surface area contributed by atoms with Gasteiger partial charge in [-0.2, -0.15) is 0 Å². The molecule has 3 fully saturated rings. The Kier molecular flexibility index (Phi) is 7.98. The van der Waals surface area contributed by atoms with Crippen LogP contribution >= 0.6 is 0 Å². The third-order valence-electron chi connectivity index (χ3n) is 8.54. The first kappa shape index (κ1) is 27.4. The molecule has 0 spiro atoms. The van der Waals surface area contributed by atoms with Crippen molar-refractivity contribution in [3.63, 3.8) is 0 Å². The lowest BCUT2D eigenvalue weighted by atomic mass is 9.76. The number of aromatic nitrogens is 1. The average Bonchev–Trinajstić information content (AvgIpc) is 3.46. The van der Waals surface area contributed by atoms with Crippen molar-refractivity contribution in [1.29, 1.82) is 0 Å². The molecule has 8 nitrogen and oxygen atoms in total. The fourth-order valence-electron chi connectivity index (χ4n) is 6.45. The Morgan fingerprint density at radius 1 is 0.976 bits per heavy atom. The standard InChI is InChI=1S/C32H35FN4O4/c1-20-4-2-6-27(33)29(20)32(39)37-28-19-41-18-22(28)16-26(31(38)36-25-5-3-13-34-17-25)30(37)21-7-9-23(10-8-21)35-24-11-14-40-15-12-24/h2-10,13,17,22,24,26,28,30,35H,11-12,14-16,18-19H2,1H3,(H,36,38). The van der Waals surface area contributed by atoms with E-state index in [1.165, 1.54) is 6.07 Å². The smallest absolute Gasteiger partial charge is 0.257 e. The lowest BCUT2D eigenvalue weighted by Gasteiger charge is -2.47. The molecule has 3 aliphatic rings. The highest BCUT2D eigenvalue weighted by molar-refractivity contribution is 5.98. The quantitative estimate of drug-likeness (QED) is 0.444. The highest BCUT2D eigenvalue weighted by Gasteiger charge is 2.51. The SMILES string of the molecule is Cc1cccc(F)c1C(=O)N1C2COCC2CC(C(=O)Nc2cccnc2)C1c1ccc(NC2CCOCC2)cc1. The summed E-state index contributed by atoms with van der Waals surface area (Å²) < 4.78 is 26.5. The molecule has 4 atom stereocenters. The molecular formula is C32H35FN4O4. The molecule has 3 saturated heterocycles.